The number of halogens is 2. The highest BCUT2D eigenvalue weighted by molar-refractivity contribution is 7.69. The Bertz CT molecular complexity index is 564. The first-order valence-electron chi connectivity index (χ1n) is 4.63. The molecule has 0 saturated heterocycles. The lowest BCUT2D eigenvalue weighted by molar-refractivity contribution is 1.33. The molecule has 0 fully saturated rings. The summed E-state index contributed by atoms with van der Waals surface area (Å²) in [7, 11) is 2.93. The van der Waals surface area contributed by atoms with Crippen LogP contribution in [0.4, 0.5) is 5.69 Å². The van der Waals surface area contributed by atoms with E-state index in [0.717, 1.165) is 10.4 Å². The molecule has 1 aromatic carbocycles. The number of aryl methyl sites for hydroxylation is 2. The molecule has 1 nitrogen and oxygen atoms in total. The number of hydrogen-bond acceptors (Lipinski definition) is 3. The molecular formula is C11H9Cl2NS2. The van der Waals surface area contributed by atoms with Gasteiger partial charge in [0.05, 0.1) is 5.69 Å². The zero-order valence-electron chi connectivity index (χ0n) is 8.75. The molecule has 2 rings (SSSR count). The van der Waals surface area contributed by atoms with Gasteiger partial charge in [-0.3, -0.25) is 0 Å². The highest BCUT2D eigenvalue weighted by Gasteiger charge is 2.03. The van der Waals surface area contributed by atoms with Gasteiger partial charge in [0.25, 0.3) is 0 Å². The predicted octanol–water partition coefficient (Wildman–Crippen LogP) is 4.97. The van der Waals surface area contributed by atoms with E-state index in [9.17, 15) is 0 Å². The van der Waals surface area contributed by atoms with Gasteiger partial charge in [0.2, 0.25) is 0 Å². The summed E-state index contributed by atoms with van der Waals surface area (Å²) in [6, 6.07) is 6.17. The van der Waals surface area contributed by atoms with E-state index in [1.807, 2.05) is 12.1 Å². The van der Waals surface area contributed by atoms with Crippen molar-refractivity contribution >= 4 is 49.6 Å². The van der Waals surface area contributed by atoms with Crippen LogP contribution in [0.3, 0.4) is 0 Å². The average Bonchev–Trinajstić information content (AvgIpc) is 2.48. The SMILES string of the molecule is Cc1cc(C)cc(N=c2ssc(Cl)c2Cl)c1. The number of hydrogen-bond donors (Lipinski definition) is 0. The second-order valence-electron chi connectivity index (χ2n) is 3.52. The first-order valence-corrected chi connectivity index (χ1v) is 7.54. The third kappa shape index (κ3) is 2.66. The average molecular weight is 290 g/mol. The van der Waals surface area contributed by atoms with E-state index < -0.39 is 0 Å². The predicted molar refractivity (Wildman–Crippen MR) is 73.4 cm³/mol. The molecule has 0 N–H and O–H groups in total. The Morgan fingerprint density at radius 2 is 1.62 bits per heavy atom. The van der Waals surface area contributed by atoms with Gasteiger partial charge in [-0.15, -0.1) is 0 Å². The maximum Gasteiger partial charge on any atom is 0.147 e. The molecule has 2 aromatic rings. The molecule has 0 radical (unpaired) electrons. The normalized spacial score (nSPS) is 12.1. The summed E-state index contributed by atoms with van der Waals surface area (Å²) in [6.45, 7) is 4.11. The van der Waals surface area contributed by atoms with Crippen LogP contribution in [0.25, 0.3) is 0 Å². The fraction of sp³-hybridized carbons (Fsp3) is 0.182. The Morgan fingerprint density at radius 1 is 1.00 bits per heavy atom. The first kappa shape index (κ1) is 12.1. The van der Waals surface area contributed by atoms with Crippen LogP contribution >= 0.6 is 43.9 Å². The smallest absolute Gasteiger partial charge is 0.147 e. The van der Waals surface area contributed by atoms with Crippen LogP contribution in [0.5, 0.6) is 0 Å². The number of nitrogens with zero attached hydrogens (tertiary/aromatic N) is 1. The van der Waals surface area contributed by atoms with E-state index in [2.05, 4.69) is 24.9 Å². The van der Waals surface area contributed by atoms with Crippen molar-refractivity contribution in [2.45, 2.75) is 13.8 Å². The molecule has 1 aromatic heterocycles. The minimum absolute atomic E-state index is 0.552. The second-order valence-corrected chi connectivity index (χ2v) is 6.63. The van der Waals surface area contributed by atoms with Crippen LogP contribution < -0.4 is 4.67 Å². The molecular weight excluding hydrogens is 281 g/mol. The molecule has 0 saturated carbocycles. The van der Waals surface area contributed by atoms with Gasteiger partial charge in [-0.1, -0.05) is 49.9 Å². The molecule has 16 heavy (non-hydrogen) atoms. The first-order chi connectivity index (χ1) is 7.56. The van der Waals surface area contributed by atoms with Crippen LogP contribution in [0.1, 0.15) is 11.1 Å². The number of benzene rings is 1. The summed E-state index contributed by atoms with van der Waals surface area (Å²) in [4.78, 5) is 4.50. The molecule has 0 aliphatic rings. The maximum atomic E-state index is 6.03. The molecule has 0 aliphatic heterocycles. The zero-order valence-corrected chi connectivity index (χ0v) is 11.9. The van der Waals surface area contributed by atoms with Crippen LogP contribution in [0.15, 0.2) is 23.2 Å². The molecule has 84 valence electrons. The van der Waals surface area contributed by atoms with Crippen molar-refractivity contribution in [1.29, 1.82) is 0 Å². The van der Waals surface area contributed by atoms with Gasteiger partial charge in [0.15, 0.2) is 0 Å². The molecule has 1 heterocycles. The summed E-state index contributed by atoms with van der Waals surface area (Å²) in [6.07, 6.45) is 0. The second kappa shape index (κ2) is 4.88. The van der Waals surface area contributed by atoms with E-state index in [1.54, 1.807) is 0 Å². The van der Waals surface area contributed by atoms with Gasteiger partial charge < -0.3 is 0 Å². The van der Waals surface area contributed by atoms with Gasteiger partial charge in [0, 0.05) is 0 Å². The van der Waals surface area contributed by atoms with Gasteiger partial charge in [-0.05, 0) is 37.1 Å². The fourth-order valence-corrected chi connectivity index (χ4v) is 4.18. The highest BCUT2D eigenvalue weighted by Crippen LogP contribution is 2.27. The minimum Gasteiger partial charge on any atom is -0.236 e. The fourth-order valence-electron chi connectivity index (χ4n) is 1.43. The molecule has 0 aliphatic carbocycles. The molecule has 5 heteroatoms. The summed E-state index contributed by atoms with van der Waals surface area (Å²) < 4.78 is 1.39. The van der Waals surface area contributed by atoms with Gasteiger partial charge >= 0.3 is 0 Å². The van der Waals surface area contributed by atoms with Crippen molar-refractivity contribution in [1.82, 2.24) is 0 Å². The third-order valence-corrected chi connectivity index (χ3v) is 5.49. The van der Waals surface area contributed by atoms with Crippen molar-refractivity contribution in [3.05, 3.63) is 43.4 Å². The van der Waals surface area contributed by atoms with Crippen LogP contribution in [-0.4, -0.2) is 0 Å². The molecule has 0 amide bonds. The third-order valence-electron chi connectivity index (χ3n) is 1.99. The molecule has 0 unspecified atom stereocenters. The quantitative estimate of drug-likeness (QED) is 0.658. The lowest BCUT2D eigenvalue weighted by atomic mass is 10.1. The van der Waals surface area contributed by atoms with Gasteiger partial charge in [-0.25, -0.2) is 4.99 Å². The van der Waals surface area contributed by atoms with Crippen molar-refractivity contribution < 1.29 is 0 Å². The largest absolute Gasteiger partial charge is 0.236 e. The van der Waals surface area contributed by atoms with E-state index in [0.29, 0.717) is 9.36 Å². The van der Waals surface area contributed by atoms with E-state index in [-0.39, 0.29) is 0 Å². The lowest BCUT2D eigenvalue weighted by Crippen LogP contribution is -1.92. The summed E-state index contributed by atoms with van der Waals surface area (Å²) in [5.74, 6) is 0. The lowest BCUT2D eigenvalue weighted by Gasteiger charge is -1.98. The summed E-state index contributed by atoms with van der Waals surface area (Å²) in [5.41, 5.74) is 3.31. The van der Waals surface area contributed by atoms with Crippen molar-refractivity contribution in [3.8, 4) is 0 Å². The monoisotopic (exact) mass is 289 g/mol. The van der Waals surface area contributed by atoms with Crippen molar-refractivity contribution in [3.63, 3.8) is 0 Å². The van der Waals surface area contributed by atoms with Crippen molar-refractivity contribution in [2.75, 3.05) is 0 Å². The highest BCUT2D eigenvalue weighted by atomic mass is 35.5. The van der Waals surface area contributed by atoms with E-state index >= 15 is 0 Å². The Hall–Kier alpha value is -0.350. The van der Waals surface area contributed by atoms with E-state index in [1.165, 1.54) is 31.8 Å². The topological polar surface area (TPSA) is 12.4 Å². The zero-order chi connectivity index (χ0) is 11.7. The molecule has 0 bridgehead atoms. The molecule has 0 atom stereocenters. The number of rotatable bonds is 1. The molecule has 0 spiro atoms. The van der Waals surface area contributed by atoms with E-state index in [4.69, 9.17) is 23.2 Å². The Kier molecular flexibility index (Phi) is 3.70. The van der Waals surface area contributed by atoms with Crippen LogP contribution in [0.2, 0.25) is 9.36 Å². The summed E-state index contributed by atoms with van der Waals surface area (Å²) >= 11 is 11.9. The van der Waals surface area contributed by atoms with Crippen LogP contribution in [-0.2, 0) is 0 Å². The maximum absolute atomic E-state index is 6.03. The van der Waals surface area contributed by atoms with Crippen molar-refractivity contribution in [2.24, 2.45) is 4.99 Å². The summed E-state index contributed by atoms with van der Waals surface area (Å²) in [5, 5.41) is 0.552. The minimum atomic E-state index is 0.552. The Balaban J connectivity index is 2.54. The van der Waals surface area contributed by atoms with Gasteiger partial charge in [0.1, 0.15) is 14.0 Å². The standard InChI is InChI=1S/C11H9Cl2NS2/c1-6-3-7(2)5-8(4-6)14-11-9(12)10(13)15-16-11/h3-5H,1-2H3. The Morgan fingerprint density at radius 3 is 2.12 bits per heavy atom. The van der Waals surface area contributed by atoms with Crippen LogP contribution in [0, 0.1) is 13.8 Å². The van der Waals surface area contributed by atoms with Gasteiger partial charge in [-0.2, -0.15) is 0 Å². The Labute approximate surface area is 111 Å².